The molecule has 200 valence electrons. The molecule has 0 aliphatic carbocycles. The molecular weight excluding hydrogens is 427 g/mol. The summed E-state index contributed by atoms with van der Waals surface area (Å²) < 4.78 is 5.40. The quantitative estimate of drug-likeness (QED) is 0.0627. The molecule has 0 aliphatic heterocycles. The minimum atomic E-state index is 0. The Bertz CT molecular complexity index is 379. The molecule has 3 heteroatoms. The molecule has 0 radical (unpaired) electrons. The minimum Gasteiger partial charge on any atom is -1.00 e. The predicted molar refractivity (Wildman–Crippen MR) is 148 cm³/mol. The molecule has 0 N–H and O–H groups in total. The number of hydrogen-bond acceptors (Lipinski definition) is 2. The molecule has 34 heavy (non-hydrogen) atoms. The smallest absolute Gasteiger partial charge is 1.00 e. The summed E-state index contributed by atoms with van der Waals surface area (Å²) in [6.45, 7) is 5.20. The maximum absolute atomic E-state index is 11.8. The van der Waals surface area contributed by atoms with E-state index in [0.29, 0.717) is 13.0 Å². The number of hydrogen-bond donors (Lipinski definition) is 0. The Morgan fingerprint density at radius 2 is 0.706 bits per heavy atom. The molecule has 0 saturated carbocycles. The van der Waals surface area contributed by atoms with E-state index in [4.69, 9.17) is 4.74 Å². The van der Waals surface area contributed by atoms with Crippen molar-refractivity contribution in [3.63, 3.8) is 0 Å². The van der Waals surface area contributed by atoms with Crippen molar-refractivity contribution < 1.29 is 40.5 Å². The first-order valence-electron chi connectivity index (χ1n) is 15.5. The van der Waals surface area contributed by atoms with E-state index in [0.717, 1.165) is 12.8 Å². The van der Waals surface area contributed by atoms with Crippen LogP contribution < -0.4 is 29.6 Å². The Morgan fingerprint density at radius 3 is 1.03 bits per heavy atom. The SMILES string of the molecule is CCCCCCCCCCCCCCCCCC(=O)OCCCCCCCCCCCCC.[H-].[Na+]. The van der Waals surface area contributed by atoms with Gasteiger partial charge in [-0.2, -0.15) is 0 Å². The first kappa shape index (κ1) is 36.6. The normalized spacial score (nSPS) is 10.9. The van der Waals surface area contributed by atoms with Crippen LogP contribution in [-0.4, -0.2) is 12.6 Å². The van der Waals surface area contributed by atoms with Crippen LogP contribution in [0.3, 0.4) is 0 Å². The third-order valence-electron chi connectivity index (χ3n) is 7.00. The molecule has 0 fully saturated rings. The average Bonchev–Trinajstić information content (AvgIpc) is 2.82. The summed E-state index contributed by atoms with van der Waals surface area (Å²) in [6, 6.07) is 0. The van der Waals surface area contributed by atoms with Crippen molar-refractivity contribution in [2.45, 2.75) is 187 Å². The van der Waals surface area contributed by atoms with Crippen molar-refractivity contribution in [3.05, 3.63) is 0 Å². The number of esters is 1. The number of carbonyl (C=O) groups excluding carboxylic acids is 1. The van der Waals surface area contributed by atoms with Crippen molar-refractivity contribution in [2.24, 2.45) is 0 Å². The van der Waals surface area contributed by atoms with Gasteiger partial charge in [0.25, 0.3) is 0 Å². The summed E-state index contributed by atoms with van der Waals surface area (Å²) >= 11 is 0. The van der Waals surface area contributed by atoms with Crippen LogP contribution in [0.25, 0.3) is 0 Å². The van der Waals surface area contributed by atoms with Gasteiger partial charge < -0.3 is 6.16 Å². The number of unbranched alkanes of at least 4 members (excludes halogenated alkanes) is 24. The zero-order chi connectivity index (χ0) is 24.1. The Balaban J connectivity index is -0.00000512. The third kappa shape index (κ3) is 32.5. The van der Waals surface area contributed by atoms with E-state index in [1.807, 2.05) is 0 Å². The molecule has 0 atom stereocenters. The summed E-state index contributed by atoms with van der Waals surface area (Å²) in [4.78, 5) is 11.8. The van der Waals surface area contributed by atoms with Crippen molar-refractivity contribution in [3.8, 4) is 0 Å². The van der Waals surface area contributed by atoms with Crippen LogP contribution in [0.4, 0.5) is 0 Å². The van der Waals surface area contributed by atoms with Gasteiger partial charge in [-0.3, -0.25) is 4.79 Å². The standard InChI is InChI=1S/C31H62O2.Na.H/c1-3-5-7-9-11-13-15-16-17-18-19-21-23-25-27-29-31(32)33-30-28-26-24-22-20-14-12-10-8-6-4-2;;/h3-30H2,1-2H3;;/q;+1;-1. The summed E-state index contributed by atoms with van der Waals surface area (Å²) in [5.41, 5.74) is 0. The second-order valence-electron chi connectivity index (χ2n) is 10.5. The van der Waals surface area contributed by atoms with Crippen LogP contribution in [0, 0.1) is 0 Å². The molecule has 0 heterocycles. The molecule has 0 aromatic rings. The van der Waals surface area contributed by atoms with E-state index in [9.17, 15) is 4.79 Å². The summed E-state index contributed by atoms with van der Waals surface area (Å²) in [5, 5.41) is 0. The largest absolute Gasteiger partial charge is 1.00 e. The number of carbonyl (C=O) groups is 1. The fourth-order valence-corrected chi connectivity index (χ4v) is 4.67. The van der Waals surface area contributed by atoms with Crippen molar-refractivity contribution in [1.82, 2.24) is 0 Å². The van der Waals surface area contributed by atoms with Crippen LogP contribution >= 0.6 is 0 Å². The van der Waals surface area contributed by atoms with E-state index in [2.05, 4.69) is 13.8 Å². The van der Waals surface area contributed by atoms with Gasteiger partial charge in [-0.25, -0.2) is 0 Å². The molecule has 0 saturated heterocycles. The van der Waals surface area contributed by atoms with E-state index in [-0.39, 0.29) is 37.0 Å². The van der Waals surface area contributed by atoms with Gasteiger partial charge in [0.05, 0.1) is 6.61 Å². The van der Waals surface area contributed by atoms with E-state index in [1.165, 1.54) is 154 Å². The molecule has 0 rings (SSSR count). The van der Waals surface area contributed by atoms with Gasteiger partial charge in [-0.05, 0) is 12.8 Å². The second kappa shape index (κ2) is 33.5. The van der Waals surface area contributed by atoms with E-state index in [1.54, 1.807) is 0 Å². The summed E-state index contributed by atoms with van der Waals surface area (Å²) in [5.74, 6) is 0.0248. The van der Waals surface area contributed by atoms with Gasteiger partial charge in [0.15, 0.2) is 0 Å². The number of ether oxygens (including phenoxy) is 1. The maximum atomic E-state index is 11.8. The van der Waals surface area contributed by atoms with Gasteiger partial charge in [-0.15, -0.1) is 0 Å². The van der Waals surface area contributed by atoms with Crippen molar-refractivity contribution in [2.75, 3.05) is 6.61 Å². The molecule has 0 bridgehead atoms. The summed E-state index contributed by atoms with van der Waals surface area (Å²) in [7, 11) is 0. The summed E-state index contributed by atoms with van der Waals surface area (Å²) in [6.07, 6.45) is 35.7. The van der Waals surface area contributed by atoms with Crippen molar-refractivity contribution >= 4 is 5.97 Å². The number of rotatable bonds is 28. The van der Waals surface area contributed by atoms with Gasteiger partial charge in [-0.1, -0.05) is 168 Å². The second-order valence-corrected chi connectivity index (χ2v) is 10.5. The third-order valence-corrected chi connectivity index (χ3v) is 7.00. The maximum Gasteiger partial charge on any atom is 1.00 e. The van der Waals surface area contributed by atoms with Crippen LogP contribution in [0.15, 0.2) is 0 Å². The Hall–Kier alpha value is 0.470. The zero-order valence-corrected chi connectivity index (χ0v) is 26.1. The average molecular weight is 491 g/mol. The van der Waals surface area contributed by atoms with Gasteiger partial charge in [0.1, 0.15) is 0 Å². The van der Waals surface area contributed by atoms with Crippen LogP contribution in [-0.2, 0) is 9.53 Å². The fraction of sp³-hybridized carbons (Fsp3) is 0.968. The monoisotopic (exact) mass is 490 g/mol. The van der Waals surface area contributed by atoms with Gasteiger partial charge >= 0.3 is 35.5 Å². The first-order chi connectivity index (χ1) is 16.3. The molecule has 0 spiro atoms. The Labute approximate surface area is 239 Å². The first-order valence-corrected chi connectivity index (χ1v) is 15.5. The molecular formula is C31H63NaO2. The Kier molecular flexibility index (Phi) is 36.1. The fourth-order valence-electron chi connectivity index (χ4n) is 4.67. The van der Waals surface area contributed by atoms with Gasteiger partial charge in [0.2, 0.25) is 0 Å². The molecule has 0 aromatic carbocycles. The zero-order valence-electron chi connectivity index (χ0n) is 25.1. The molecule has 0 unspecified atom stereocenters. The van der Waals surface area contributed by atoms with Crippen LogP contribution in [0.2, 0.25) is 0 Å². The molecule has 0 aliphatic rings. The Morgan fingerprint density at radius 1 is 0.441 bits per heavy atom. The molecule has 2 nitrogen and oxygen atoms in total. The van der Waals surface area contributed by atoms with E-state index >= 15 is 0 Å². The van der Waals surface area contributed by atoms with Crippen molar-refractivity contribution in [1.29, 1.82) is 0 Å². The van der Waals surface area contributed by atoms with Crippen LogP contribution in [0.1, 0.15) is 189 Å². The van der Waals surface area contributed by atoms with E-state index < -0.39 is 0 Å². The topological polar surface area (TPSA) is 26.3 Å². The minimum absolute atomic E-state index is 0. The molecule has 0 amide bonds. The van der Waals surface area contributed by atoms with Crippen LogP contribution in [0.5, 0.6) is 0 Å². The predicted octanol–water partition coefficient (Wildman–Crippen LogP) is 8.22. The molecule has 0 aromatic heterocycles. The van der Waals surface area contributed by atoms with Gasteiger partial charge in [0, 0.05) is 6.42 Å².